The highest BCUT2D eigenvalue weighted by Crippen LogP contribution is 2.23. The highest BCUT2D eigenvalue weighted by atomic mass is 35.5. The number of hydrogen-bond acceptors (Lipinski definition) is 6. The van der Waals surface area contributed by atoms with Crippen LogP contribution in [0.15, 0.2) is 28.7 Å². The zero-order chi connectivity index (χ0) is 15.4. The van der Waals surface area contributed by atoms with E-state index in [0.29, 0.717) is 18.5 Å². The molecule has 3 rings (SSSR count). The predicted molar refractivity (Wildman–Crippen MR) is 84.4 cm³/mol. The molecule has 2 heterocycles. The van der Waals surface area contributed by atoms with Gasteiger partial charge in [0.1, 0.15) is 11.9 Å². The minimum atomic E-state index is 0.206. The number of benzene rings is 1. The average molecular weight is 323 g/mol. The van der Waals surface area contributed by atoms with Gasteiger partial charge in [-0.1, -0.05) is 16.7 Å². The number of halogens is 1. The van der Waals surface area contributed by atoms with Crippen molar-refractivity contribution in [3.8, 4) is 5.75 Å². The first-order valence-corrected chi connectivity index (χ1v) is 7.76. The van der Waals surface area contributed by atoms with Crippen LogP contribution in [0.5, 0.6) is 5.75 Å². The van der Waals surface area contributed by atoms with E-state index in [9.17, 15) is 0 Å². The van der Waals surface area contributed by atoms with Gasteiger partial charge in [-0.25, -0.2) is 0 Å². The molecule has 1 fully saturated rings. The van der Waals surface area contributed by atoms with Crippen molar-refractivity contribution < 1.29 is 9.15 Å². The van der Waals surface area contributed by atoms with Crippen LogP contribution in [0.2, 0.25) is 5.02 Å². The van der Waals surface area contributed by atoms with Crippen molar-refractivity contribution in [2.45, 2.75) is 25.5 Å². The molecular formula is C15H19ClN4O2. The van der Waals surface area contributed by atoms with E-state index < -0.39 is 0 Å². The zero-order valence-corrected chi connectivity index (χ0v) is 13.2. The van der Waals surface area contributed by atoms with E-state index in [1.165, 1.54) is 0 Å². The van der Waals surface area contributed by atoms with Crippen molar-refractivity contribution in [1.82, 2.24) is 15.5 Å². The molecule has 118 valence electrons. The van der Waals surface area contributed by atoms with Crippen LogP contribution >= 0.6 is 11.6 Å². The average Bonchev–Trinajstić information content (AvgIpc) is 2.99. The molecule has 0 saturated carbocycles. The maximum Gasteiger partial charge on any atom is 0.318 e. The molecule has 6 nitrogen and oxygen atoms in total. The second-order valence-electron chi connectivity index (χ2n) is 5.27. The summed E-state index contributed by atoms with van der Waals surface area (Å²) < 4.78 is 11.6. The normalized spacial score (nSPS) is 16.0. The van der Waals surface area contributed by atoms with Crippen molar-refractivity contribution in [2.75, 3.05) is 25.0 Å². The smallest absolute Gasteiger partial charge is 0.318 e. The minimum absolute atomic E-state index is 0.206. The number of aromatic nitrogens is 2. The lowest BCUT2D eigenvalue weighted by molar-refractivity contribution is 0.169. The predicted octanol–water partition coefficient (Wildman–Crippen LogP) is 2.49. The number of rotatable bonds is 5. The van der Waals surface area contributed by atoms with Crippen molar-refractivity contribution in [1.29, 1.82) is 0 Å². The number of piperidine rings is 1. The number of nitrogens with one attached hydrogen (secondary N) is 1. The Morgan fingerprint density at radius 1 is 1.27 bits per heavy atom. The minimum Gasteiger partial charge on any atom is -0.490 e. The maximum absolute atomic E-state index is 5.98. The van der Waals surface area contributed by atoms with Gasteiger partial charge in [-0.05, 0) is 31.3 Å². The van der Waals surface area contributed by atoms with Gasteiger partial charge in [0.15, 0.2) is 0 Å². The summed E-state index contributed by atoms with van der Waals surface area (Å²) in [6.07, 6.45) is 2.05. The fourth-order valence-electron chi connectivity index (χ4n) is 2.47. The van der Waals surface area contributed by atoms with Gasteiger partial charge in [-0.3, -0.25) is 0 Å². The van der Waals surface area contributed by atoms with Gasteiger partial charge < -0.3 is 19.4 Å². The number of hydrogen-bond donors (Lipinski definition) is 1. The molecule has 0 bridgehead atoms. The summed E-state index contributed by atoms with van der Waals surface area (Å²) in [4.78, 5) is 2.11. The Hall–Kier alpha value is -1.79. The lowest BCUT2D eigenvalue weighted by Crippen LogP contribution is -2.38. The first kappa shape index (κ1) is 15.1. The molecule has 22 heavy (non-hydrogen) atoms. The van der Waals surface area contributed by atoms with E-state index in [2.05, 4.69) is 20.4 Å². The summed E-state index contributed by atoms with van der Waals surface area (Å²) in [6.45, 7) is 2.28. The van der Waals surface area contributed by atoms with E-state index in [4.69, 9.17) is 20.8 Å². The van der Waals surface area contributed by atoms with E-state index >= 15 is 0 Å². The quantitative estimate of drug-likeness (QED) is 0.912. The highest BCUT2D eigenvalue weighted by molar-refractivity contribution is 6.30. The Balaban J connectivity index is 1.52. The monoisotopic (exact) mass is 322 g/mol. The van der Waals surface area contributed by atoms with Crippen LogP contribution in [0.3, 0.4) is 0 Å². The lowest BCUT2D eigenvalue weighted by atomic mass is 10.1. The molecule has 1 aromatic carbocycles. The molecule has 0 amide bonds. The van der Waals surface area contributed by atoms with Gasteiger partial charge in [-0.15, -0.1) is 5.10 Å². The third kappa shape index (κ3) is 3.69. The number of ether oxygens (including phenoxy) is 1. The molecule has 0 aliphatic carbocycles. The first-order valence-electron chi connectivity index (χ1n) is 7.39. The molecule has 2 aromatic rings. The molecule has 1 N–H and O–H groups in total. The van der Waals surface area contributed by atoms with Gasteiger partial charge >= 0.3 is 6.01 Å². The van der Waals surface area contributed by atoms with Gasteiger partial charge in [0.05, 0.1) is 6.54 Å². The summed E-state index contributed by atoms with van der Waals surface area (Å²) in [5.41, 5.74) is 0. The molecule has 0 radical (unpaired) electrons. The third-order valence-corrected chi connectivity index (χ3v) is 3.87. The van der Waals surface area contributed by atoms with Gasteiger partial charge in [-0.2, -0.15) is 0 Å². The largest absolute Gasteiger partial charge is 0.490 e. The van der Waals surface area contributed by atoms with Gasteiger partial charge in [0, 0.05) is 31.0 Å². The molecule has 1 aromatic heterocycles. The molecule has 0 atom stereocenters. The van der Waals surface area contributed by atoms with Crippen molar-refractivity contribution in [3.05, 3.63) is 35.2 Å². The van der Waals surface area contributed by atoms with Crippen LogP contribution in [0.4, 0.5) is 6.01 Å². The Kier molecular flexibility index (Phi) is 4.80. The van der Waals surface area contributed by atoms with Crippen molar-refractivity contribution in [3.63, 3.8) is 0 Å². The molecule has 0 spiro atoms. The van der Waals surface area contributed by atoms with Crippen LogP contribution in [0.25, 0.3) is 0 Å². The third-order valence-electron chi connectivity index (χ3n) is 3.61. The molecule has 1 saturated heterocycles. The van der Waals surface area contributed by atoms with Gasteiger partial charge in [0.2, 0.25) is 5.89 Å². The Labute approximate surface area is 134 Å². The second-order valence-corrected chi connectivity index (χ2v) is 5.70. The molecule has 1 aliphatic heterocycles. The Bertz CT molecular complexity index is 594. The fourth-order valence-corrected chi connectivity index (χ4v) is 2.59. The second kappa shape index (κ2) is 6.98. The number of anilines is 1. The van der Waals surface area contributed by atoms with Crippen LogP contribution < -0.4 is 15.0 Å². The highest BCUT2D eigenvalue weighted by Gasteiger charge is 2.24. The van der Waals surface area contributed by atoms with Crippen molar-refractivity contribution >= 4 is 17.6 Å². The van der Waals surface area contributed by atoms with Crippen LogP contribution in [0.1, 0.15) is 18.7 Å². The SMILES string of the molecule is CNCc1nnc(N2CCC(Oc3ccc(Cl)cc3)CC2)o1. The van der Waals surface area contributed by atoms with E-state index in [1.807, 2.05) is 31.3 Å². The van der Waals surface area contributed by atoms with Crippen LogP contribution in [-0.4, -0.2) is 36.4 Å². The van der Waals surface area contributed by atoms with Crippen LogP contribution in [-0.2, 0) is 6.54 Å². The maximum atomic E-state index is 5.98. The number of nitrogens with zero attached hydrogens (tertiary/aromatic N) is 3. The summed E-state index contributed by atoms with van der Waals surface area (Å²) >= 11 is 5.88. The summed E-state index contributed by atoms with van der Waals surface area (Å²) in [6, 6.07) is 8.07. The molecule has 7 heteroatoms. The molecule has 0 unspecified atom stereocenters. The lowest BCUT2D eigenvalue weighted by Gasteiger charge is -2.30. The van der Waals surface area contributed by atoms with Gasteiger partial charge in [0.25, 0.3) is 0 Å². The molecular weight excluding hydrogens is 304 g/mol. The fraction of sp³-hybridized carbons (Fsp3) is 0.467. The topological polar surface area (TPSA) is 63.4 Å². The standard InChI is InChI=1S/C15H19ClN4O2/c1-17-10-14-18-19-15(22-14)20-8-6-13(7-9-20)21-12-4-2-11(16)3-5-12/h2-5,13,17H,6-10H2,1H3. The zero-order valence-electron chi connectivity index (χ0n) is 12.5. The van der Waals surface area contributed by atoms with Crippen LogP contribution in [0, 0.1) is 0 Å². The molecule has 1 aliphatic rings. The van der Waals surface area contributed by atoms with E-state index in [0.717, 1.165) is 36.7 Å². The van der Waals surface area contributed by atoms with E-state index in [1.54, 1.807) is 0 Å². The summed E-state index contributed by atoms with van der Waals surface area (Å²) in [7, 11) is 1.85. The van der Waals surface area contributed by atoms with Crippen molar-refractivity contribution in [2.24, 2.45) is 0 Å². The first-order chi connectivity index (χ1) is 10.7. The summed E-state index contributed by atoms with van der Waals surface area (Å²) in [5.74, 6) is 1.47. The summed E-state index contributed by atoms with van der Waals surface area (Å²) in [5, 5.41) is 11.8. The Morgan fingerprint density at radius 3 is 2.68 bits per heavy atom. The Morgan fingerprint density at radius 2 is 2.00 bits per heavy atom. The van der Waals surface area contributed by atoms with E-state index in [-0.39, 0.29) is 6.10 Å².